The van der Waals surface area contributed by atoms with Gasteiger partial charge in [0.15, 0.2) is 5.76 Å². The molecular formula is C6H10N3O3P. The van der Waals surface area contributed by atoms with Crippen LogP contribution in [0.4, 0.5) is 0 Å². The molecule has 0 radical (unpaired) electrons. The molecule has 0 spiro atoms. The number of carbonyl (C=O) groups excluding carboxylic acids is 1. The lowest BCUT2D eigenvalue weighted by molar-refractivity contribution is 0.0952. The minimum Gasteiger partial charge on any atom is -0.456 e. The van der Waals surface area contributed by atoms with Crippen molar-refractivity contribution >= 4 is 13.5 Å². The van der Waals surface area contributed by atoms with Gasteiger partial charge in [0.2, 0.25) is 0 Å². The van der Waals surface area contributed by atoms with E-state index in [0.29, 0.717) is 5.76 Å². The van der Waals surface area contributed by atoms with Crippen LogP contribution < -0.4 is 16.1 Å². The Kier molecular flexibility index (Phi) is 2.56. The number of nitrogens with one attached hydrogen (secondary N) is 1. The van der Waals surface area contributed by atoms with Gasteiger partial charge in [-0.15, -0.1) is 0 Å². The second kappa shape index (κ2) is 3.33. The molecule has 0 atom stereocenters. The summed E-state index contributed by atoms with van der Waals surface area (Å²) in [7, 11) is -3.54. The van der Waals surface area contributed by atoms with E-state index in [2.05, 4.69) is 0 Å². The maximum atomic E-state index is 11.1. The maximum Gasteiger partial charge on any atom is 0.300 e. The minimum absolute atomic E-state index is 0.0358. The summed E-state index contributed by atoms with van der Waals surface area (Å²) in [5, 5.41) is 1.93. The average molecular weight is 203 g/mol. The largest absolute Gasteiger partial charge is 0.456 e. The second-order valence-electron chi connectivity index (χ2n) is 2.56. The van der Waals surface area contributed by atoms with Crippen molar-refractivity contribution in [3.8, 4) is 0 Å². The first-order chi connectivity index (χ1) is 5.88. The van der Waals surface area contributed by atoms with E-state index in [1.807, 2.05) is 5.09 Å². The van der Waals surface area contributed by atoms with Crippen molar-refractivity contribution in [1.29, 1.82) is 0 Å². The van der Waals surface area contributed by atoms with E-state index in [1.165, 1.54) is 6.07 Å². The van der Waals surface area contributed by atoms with Crippen molar-refractivity contribution in [1.82, 2.24) is 5.09 Å². The standard InChI is InChI=1S/C6H10N3O3P/c1-4-2-3-5(12-4)6(10)9-13(7,8)11/h2-3H,1H3,(H5,7,8,9,10,11). The lowest BCUT2D eigenvalue weighted by Crippen LogP contribution is -2.28. The normalized spacial score (nSPS) is 11.3. The topological polar surface area (TPSA) is 111 Å². The van der Waals surface area contributed by atoms with Crippen molar-refractivity contribution < 1.29 is 13.8 Å². The molecule has 1 aromatic rings. The zero-order valence-corrected chi connectivity index (χ0v) is 7.88. The van der Waals surface area contributed by atoms with Gasteiger partial charge in [-0.05, 0) is 19.1 Å². The monoisotopic (exact) mass is 203 g/mol. The van der Waals surface area contributed by atoms with Gasteiger partial charge in [-0.25, -0.2) is 0 Å². The molecule has 0 fully saturated rings. The van der Waals surface area contributed by atoms with Gasteiger partial charge in [0.1, 0.15) is 5.76 Å². The van der Waals surface area contributed by atoms with Gasteiger partial charge in [0.25, 0.3) is 5.91 Å². The maximum absolute atomic E-state index is 11.1. The summed E-state index contributed by atoms with van der Waals surface area (Å²) < 4.78 is 15.7. The summed E-state index contributed by atoms with van der Waals surface area (Å²) in [4.78, 5) is 11.1. The molecule has 5 N–H and O–H groups in total. The van der Waals surface area contributed by atoms with Crippen LogP contribution in [0.3, 0.4) is 0 Å². The molecule has 7 heteroatoms. The number of hydrogen-bond acceptors (Lipinski definition) is 3. The molecule has 0 unspecified atom stereocenters. The summed E-state index contributed by atoms with van der Waals surface area (Å²) in [6, 6.07) is 3.05. The van der Waals surface area contributed by atoms with Gasteiger partial charge >= 0.3 is 7.59 Å². The molecule has 0 aliphatic heterocycles. The molecule has 1 heterocycles. The molecule has 1 rings (SSSR count). The molecule has 1 aromatic heterocycles. The first kappa shape index (κ1) is 9.98. The van der Waals surface area contributed by atoms with E-state index in [0.717, 1.165) is 0 Å². The smallest absolute Gasteiger partial charge is 0.300 e. The molecule has 0 aliphatic carbocycles. The number of carbonyl (C=O) groups is 1. The fourth-order valence-corrected chi connectivity index (χ4v) is 1.20. The van der Waals surface area contributed by atoms with Gasteiger partial charge in [-0.3, -0.25) is 25.5 Å². The second-order valence-corrected chi connectivity index (χ2v) is 4.20. The van der Waals surface area contributed by atoms with Crippen molar-refractivity contribution in [2.24, 2.45) is 11.0 Å². The van der Waals surface area contributed by atoms with Gasteiger partial charge in [-0.2, -0.15) is 0 Å². The highest BCUT2D eigenvalue weighted by atomic mass is 31.2. The molecule has 0 bridgehead atoms. The van der Waals surface area contributed by atoms with Crippen LogP contribution in [0, 0.1) is 6.92 Å². The molecule has 6 nitrogen and oxygen atoms in total. The number of hydrogen-bond donors (Lipinski definition) is 3. The fourth-order valence-electron chi connectivity index (χ4n) is 0.770. The van der Waals surface area contributed by atoms with E-state index < -0.39 is 13.5 Å². The Bertz CT molecular complexity index is 367. The van der Waals surface area contributed by atoms with Crippen LogP contribution in [-0.2, 0) is 4.57 Å². The first-order valence-electron chi connectivity index (χ1n) is 3.45. The summed E-state index contributed by atoms with van der Waals surface area (Å²) in [6.45, 7) is 1.68. The van der Waals surface area contributed by atoms with Crippen LogP contribution in [0.1, 0.15) is 16.3 Å². The van der Waals surface area contributed by atoms with E-state index in [4.69, 9.17) is 15.4 Å². The molecule has 72 valence electrons. The molecule has 0 aromatic carbocycles. The number of rotatable bonds is 2. The van der Waals surface area contributed by atoms with Crippen LogP contribution in [0.2, 0.25) is 0 Å². The third-order valence-corrected chi connectivity index (χ3v) is 1.79. The predicted molar refractivity (Wildman–Crippen MR) is 46.9 cm³/mol. The summed E-state index contributed by atoms with van der Waals surface area (Å²) in [5.74, 6) is -0.0657. The summed E-state index contributed by atoms with van der Waals surface area (Å²) in [6.07, 6.45) is 0. The van der Waals surface area contributed by atoms with E-state index in [-0.39, 0.29) is 5.76 Å². The lowest BCUT2D eigenvalue weighted by Gasteiger charge is -2.05. The van der Waals surface area contributed by atoms with E-state index >= 15 is 0 Å². The Hall–Kier alpha value is -1.10. The van der Waals surface area contributed by atoms with Gasteiger partial charge in [0, 0.05) is 0 Å². The molecule has 13 heavy (non-hydrogen) atoms. The molecule has 0 aliphatic rings. The summed E-state index contributed by atoms with van der Waals surface area (Å²) >= 11 is 0. The number of amides is 1. The van der Waals surface area contributed by atoms with Crippen LogP contribution in [0.25, 0.3) is 0 Å². The Morgan fingerprint density at radius 1 is 1.54 bits per heavy atom. The predicted octanol–water partition coefficient (Wildman–Crippen LogP) is 0.343. The van der Waals surface area contributed by atoms with Crippen LogP contribution in [0.5, 0.6) is 0 Å². The Labute approximate surface area is 74.8 Å². The lowest BCUT2D eigenvalue weighted by atomic mass is 10.4. The SMILES string of the molecule is Cc1ccc(C(=O)NP(N)(N)=O)o1. The highest BCUT2D eigenvalue weighted by Crippen LogP contribution is 2.19. The van der Waals surface area contributed by atoms with Crippen molar-refractivity contribution in [2.45, 2.75) is 6.92 Å². The zero-order valence-electron chi connectivity index (χ0n) is 6.98. The van der Waals surface area contributed by atoms with Crippen LogP contribution >= 0.6 is 7.59 Å². The molecule has 0 saturated heterocycles. The Balaban J connectivity index is 2.75. The third-order valence-electron chi connectivity index (χ3n) is 1.24. The average Bonchev–Trinajstić information content (AvgIpc) is 2.31. The fraction of sp³-hybridized carbons (Fsp3) is 0.167. The Morgan fingerprint density at radius 2 is 2.15 bits per heavy atom. The van der Waals surface area contributed by atoms with Crippen molar-refractivity contribution in [3.05, 3.63) is 23.7 Å². The van der Waals surface area contributed by atoms with E-state index in [9.17, 15) is 9.36 Å². The molecular weight excluding hydrogens is 193 g/mol. The van der Waals surface area contributed by atoms with Crippen LogP contribution in [-0.4, -0.2) is 5.91 Å². The minimum atomic E-state index is -3.54. The van der Waals surface area contributed by atoms with Crippen LogP contribution in [0.15, 0.2) is 16.5 Å². The zero-order chi connectivity index (χ0) is 10.1. The molecule has 0 saturated carbocycles. The first-order valence-corrected chi connectivity index (χ1v) is 5.29. The third kappa shape index (κ3) is 3.02. The Morgan fingerprint density at radius 3 is 2.54 bits per heavy atom. The summed E-state index contributed by atoms with van der Waals surface area (Å²) in [5.41, 5.74) is 9.88. The number of aryl methyl sites for hydroxylation is 1. The number of furan rings is 1. The van der Waals surface area contributed by atoms with Gasteiger partial charge < -0.3 is 4.42 Å². The van der Waals surface area contributed by atoms with E-state index in [1.54, 1.807) is 13.0 Å². The van der Waals surface area contributed by atoms with Crippen molar-refractivity contribution in [3.63, 3.8) is 0 Å². The van der Waals surface area contributed by atoms with Gasteiger partial charge in [0.05, 0.1) is 0 Å². The molecule has 1 amide bonds. The van der Waals surface area contributed by atoms with Gasteiger partial charge in [-0.1, -0.05) is 0 Å². The number of nitrogens with two attached hydrogens (primary N) is 2. The highest BCUT2D eigenvalue weighted by Gasteiger charge is 2.16. The quantitative estimate of drug-likeness (QED) is 0.600. The highest BCUT2D eigenvalue weighted by molar-refractivity contribution is 7.57. The van der Waals surface area contributed by atoms with Crippen molar-refractivity contribution in [2.75, 3.05) is 0 Å².